The predicted octanol–water partition coefficient (Wildman–Crippen LogP) is 3.78. The van der Waals surface area contributed by atoms with E-state index in [-0.39, 0.29) is 0 Å². The third-order valence-corrected chi connectivity index (χ3v) is 4.97. The van der Waals surface area contributed by atoms with Gasteiger partial charge in [0.1, 0.15) is 11.5 Å². The summed E-state index contributed by atoms with van der Waals surface area (Å²) in [5.41, 5.74) is 0.481. The van der Waals surface area contributed by atoms with E-state index < -0.39 is 0 Å². The standard InChI is InChI=1S/C18H27NO2/c1-20-16-6-8-17(9-7-16)21-13-12-18(10-2-3-11-18)14-19-15-4-5-15/h6-9,15,19H,2-5,10-14H2,1H3. The first-order valence-corrected chi connectivity index (χ1v) is 8.30. The van der Waals surface area contributed by atoms with E-state index in [9.17, 15) is 0 Å². The predicted molar refractivity (Wildman–Crippen MR) is 85.0 cm³/mol. The van der Waals surface area contributed by atoms with Crippen LogP contribution in [0.1, 0.15) is 44.9 Å². The zero-order valence-corrected chi connectivity index (χ0v) is 13.1. The molecule has 0 saturated heterocycles. The van der Waals surface area contributed by atoms with Gasteiger partial charge in [-0.05, 0) is 61.8 Å². The Labute approximate surface area is 128 Å². The van der Waals surface area contributed by atoms with Crippen molar-refractivity contribution >= 4 is 0 Å². The summed E-state index contributed by atoms with van der Waals surface area (Å²) in [6.07, 6.45) is 9.40. The molecular weight excluding hydrogens is 262 g/mol. The van der Waals surface area contributed by atoms with E-state index in [1.807, 2.05) is 24.3 Å². The minimum Gasteiger partial charge on any atom is -0.497 e. The van der Waals surface area contributed by atoms with Crippen molar-refractivity contribution in [3.63, 3.8) is 0 Å². The largest absolute Gasteiger partial charge is 0.497 e. The average molecular weight is 289 g/mol. The molecule has 1 aromatic carbocycles. The molecule has 2 saturated carbocycles. The maximum absolute atomic E-state index is 5.93. The lowest BCUT2D eigenvalue weighted by molar-refractivity contribution is 0.192. The molecule has 1 N–H and O–H groups in total. The summed E-state index contributed by atoms with van der Waals surface area (Å²) in [6.45, 7) is 2.00. The monoisotopic (exact) mass is 289 g/mol. The first-order valence-electron chi connectivity index (χ1n) is 8.30. The minimum absolute atomic E-state index is 0.481. The fourth-order valence-corrected chi connectivity index (χ4v) is 3.35. The van der Waals surface area contributed by atoms with E-state index in [0.29, 0.717) is 5.41 Å². The lowest BCUT2D eigenvalue weighted by Gasteiger charge is -2.29. The zero-order chi connectivity index (χ0) is 14.5. The number of benzene rings is 1. The Morgan fingerprint density at radius 1 is 1.10 bits per heavy atom. The Morgan fingerprint density at radius 3 is 2.38 bits per heavy atom. The maximum Gasteiger partial charge on any atom is 0.119 e. The van der Waals surface area contributed by atoms with Gasteiger partial charge < -0.3 is 14.8 Å². The van der Waals surface area contributed by atoms with Crippen LogP contribution in [0.25, 0.3) is 0 Å². The van der Waals surface area contributed by atoms with E-state index in [2.05, 4.69) is 5.32 Å². The van der Waals surface area contributed by atoms with E-state index in [1.54, 1.807) is 7.11 Å². The van der Waals surface area contributed by atoms with Crippen LogP contribution in [0.4, 0.5) is 0 Å². The molecule has 2 aliphatic carbocycles. The quantitative estimate of drug-likeness (QED) is 0.790. The highest BCUT2D eigenvalue weighted by Crippen LogP contribution is 2.41. The Hall–Kier alpha value is -1.22. The van der Waals surface area contributed by atoms with Crippen LogP contribution in [0.3, 0.4) is 0 Å². The van der Waals surface area contributed by atoms with Crippen molar-refractivity contribution in [3.05, 3.63) is 24.3 Å². The molecule has 0 spiro atoms. The van der Waals surface area contributed by atoms with Gasteiger partial charge in [-0.1, -0.05) is 12.8 Å². The minimum atomic E-state index is 0.481. The van der Waals surface area contributed by atoms with Gasteiger partial charge in [0.05, 0.1) is 13.7 Å². The molecule has 3 nitrogen and oxygen atoms in total. The fourth-order valence-electron chi connectivity index (χ4n) is 3.35. The summed E-state index contributed by atoms with van der Waals surface area (Å²) in [7, 11) is 1.69. The molecule has 0 heterocycles. The van der Waals surface area contributed by atoms with Gasteiger partial charge in [-0.25, -0.2) is 0 Å². The van der Waals surface area contributed by atoms with Crippen molar-refractivity contribution in [2.75, 3.05) is 20.3 Å². The van der Waals surface area contributed by atoms with Crippen molar-refractivity contribution in [3.8, 4) is 11.5 Å². The molecule has 21 heavy (non-hydrogen) atoms. The third-order valence-electron chi connectivity index (χ3n) is 4.97. The number of methoxy groups -OCH3 is 1. The number of rotatable bonds is 8. The fraction of sp³-hybridized carbons (Fsp3) is 0.667. The second kappa shape index (κ2) is 6.69. The lowest BCUT2D eigenvalue weighted by Crippen LogP contribution is -2.34. The Bertz CT molecular complexity index is 433. The number of ether oxygens (including phenoxy) is 2. The number of nitrogens with one attached hydrogen (secondary N) is 1. The molecule has 0 aliphatic heterocycles. The third kappa shape index (κ3) is 4.13. The summed E-state index contributed by atoms with van der Waals surface area (Å²) >= 11 is 0. The summed E-state index contributed by atoms with van der Waals surface area (Å²) in [5.74, 6) is 1.82. The first-order chi connectivity index (χ1) is 10.3. The van der Waals surface area contributed by atoms with Gasteiger partial charge in [-0.15, -0.1) is 0 Å². The van der Waals surface area contributed by atoms with Gasteiger partial charge in [0.2, 0.25) is 0 Å². The van der Waals surface area contributed by atoms with Crippen LogP contribution in [0.15, 0.2) is 24.3 Å². The molecule has 0 bridgehead atoms. The molecule has 1 aromatic rings. The maximum atomic E-state index is 5.93. The van der Waals surface area contributed by atoms with E-state index in [1.165, 1.54) is 51.5 Å². The molecule has 0 amide bonds. The molecular formula is C18H27NO2. The Morgan fingerprint density at radius 2 is 1.76 bits per heavy atom. The molecule has 3 heteroatoms. The first kappa shape index (κ1) is 14.7. The van der Waals surface area contributed by atoms with Crippen LogP contribution in [-0.4, -0.2) is 26.3 Å². The van der Waals surface area contributed by atoms with Gasteiger partial charge in [0.15, 0.2) is 0 Å². The van der Waals surface area contributed by atoms with Crippen molar-refractivity contribution in [1.82, 2.24) is 5.32 Å². The molecule has 2 aliphatic rings. The normalized spacial score (nSPS) is 20.4. The van der Waals surface area contributed by atoms with Crippen molar-refractivity contribution in [1.29, 1.82) is 0 Å². The molecule has 0 atom stereocenters. The van der Waals surface area contributed by atoms with Gasteiger partial charge in [-0.2, -0.15) is 0 Å². The van der Waals surface area contributed by atoms with Crippen LogP contribution in [-0.2, 0) is 0 Å². The van der Waals surface area contributed by atoms with E-state index in [4.69, 9.17) is 9.47 Å². The summed E-state index contributed by atoms with van der Waals surface area (Å²) in [6, 6.07) is 8.69. The summed E-state index contributed by atoms with van der Waals surface area (Å²) in [5, 5.41) is 3.73. The second-order valence-electron chi connectivity index (χ2n) is 6.64. The summed E-state index contributed by atoms with van der Waals surface area (Å²) in [4.78, 5) is 0. The number of hydrogen-bond donors (Lipinski definition) is 1. The lowest BCUT2D eigenvalue weighted by atomic mass is 9.83. The van der Waals surface area contributed by atoms with Crippen molar-refractivity contribution in [2.45, 2.75) is 51.0 Å². The molecule has 2 fully saturated rings. The van der Waals surface area contributed by atoms with Crippen LogP contribution < -0.4 is 14.8 Å². The van der Waals surface area contributed by atoms with Crippen LogP contribution >= 0.6 is 0 Å². The molecule has 0 radical (unpaired) electrons. The Kier molecular flexibility index (Phi) is 4.69. The highest BCUT2D eigenvalue weighted by Gasteiger charge is 2.35. The van der Waals surface area contributed by atoms with Gasteiger partial charge >= 0.3 is 0 Å². The number of hydrogen-bond acceptors (Lipinski definition) is 3. The summed E-state index contributed by atoms with van der Waals surface area (Å²) < 4.78 is 11.1. The molecule has 0 unspecified atom stereocenters. The van der Waals surface area contributed by atoms with Gasteiger partial charge in [0.25, 0.3) is 0 Å². The van der Waals surface area contributed by atoms with Crippen LogP contribution in [0.5, 0.6) is 11.5 Å². The topological polar surface area (TPSA) is 30.5 Å². The van der Waals surface area contributed by atoms with E-state index in [0.717, 1.165) is 24.1 Å². The average Bonchev–Trinajstić information content (AvgIpc) is 3.25. The Balaban J connectivity index is 1.46. The highest BCUT2D eigenvalue weighted by molar-refractivity contribution is 5.31. The van der Waals surface area contributed by atoms with Crippen LogP contribution in [0, 0.1) is 5.41 Å². The van der Waals surface area contributed by atoms with Crippen molar-refractivity contribution < 1.29 is 9.47 Å². The van der Waals surface area contributed by atoms with Gasteiger partial charge in [0, 0.05) is 12.6 Å². The molecule has 116 valence electrons. The highest BCUT2D eigenvalue weighted by atomic mass is 16.5. The second-order valence-corrected chi connectivity index (χ2v) is 6.64. The smallest absolute Gasteiger partial charge is 0.119 e. The molecule has 0 aromatic heterocycles. The van der Waals surface area contributed by atoms with E-state index >= 15 is 0 Å². The van der Waals surface area contributed by atoms with Crippen molar-refractivity contribution in [2.24, 2.45) is 5.41 Å². The van der Waals surface area contributed by atoms with Gasteiger partial charge in [-0.3, -0.25) is 0 Å². The zero-order valence-electron chi connectivity index (χ0n) is 13.1. The van der Waals surface area contributed by atoms with Crippen LogP contribution in [0.2, 0.25) is 0 Å². The SMILES string of the molecule is COc1ccc(OCCC2(CNC3CC3)CCCC2)cc1. The molecule has 3 rings (SSSR count).